The van der Waals surface area contributed by atoms with Crippen LogP contribution in [0.1, 0.15) is 35.3 Å². The number of aromatic amines is 1. The van der Waals surface area contributed by atoms with Crippen molar-refractivity contribution in [1.29, 1.82) is 0 Å². The lowest BCUT2D eigenvalue weighted by molar-refractivity contribution is 0.0713. The number of carbonyl (C=O) groups excluding carboxylic acids is 1. The molecule has 110 valence electrons. The highest BCUT2D eigenvalue weighted by molar-refractivity contribution is 5.92. The standard InChI is InChI=1S/C16H19N3O2/c20-15(18-9-5-2-6-10-18)14-11-17-16(21)19(14)12-13-7-3-1-4-8-13/h1,3-4,7-8,11H,2,5-6,9-10,12H2,(H,17,21). The topological polar surface area (TPSA) is 58.1 Å². The molecular weight excluding hydrogens is 266 g/mol. The van der Waals surface area contributed by atoms with Crippen molar-refractivity contribution in [2.24, 2.45) is 0 Å². The molecule has 1 aromatic heterocycles. The number of nitrogens with zero attached hydrogens (tertiary/aromatic N) is 2. The molecule has 0 saturated carbocycles. The van der Waals surface area contributed by atoms with Crippen LogP contribution in [0.15, 0.2) is 41.3 Å². The van der Waals surface area contributed by atoms with E-state index in [0.29, 0.717) is 12.2 Å². The number of rotatable bonds is 3. The van der Waals surface area contributed by atoms with Gasteiger partial charge >= 0.3 is 5.69 Å². The van der Waals surface area contributed by atoms with Crippen LogP contribution in [0.3, 0.4) is 0 Å². The summed E-state index contributed by atoms with van der Waals surface area (Å²) < 4.78 is 1.52. The predicted octanol–water partition coefficient (Wildman–Crippen LogP) is 1.85. The molecule has 5 nitrogen and oxygen atoms in total. The van der Waals surface area contributed by atoms with Crippen molar-refractivity contribution in [2.75, 3.05) is 13.1 Å². The van der Waals surface area contributed by atoms with Gasteiger partial charge in [0.2, 0.25) is 0 Å². The van der Waals surface area contributed by atoms with Crippen LogP contribution < -0.4 is 5.69 Å². The van der Waals surface area contributed by atoms with Crippen LogP contribution in [0.5, 0.6) is 0 Å². The quantitative estimate of drug-likeness (QED) is 0.935. The van der Waals surface area contributed by atoms with E-state index >= 15 is 0 Å². The maximum Gasteiger partial charge on any atom is 0.326 e. The first-order valence-corrected chi connectivity index (χ1v) is 7.37. The summed E-state index contributed by atoms with van der Waals surface area (Å²) in [6.07, 6.45) is 4.79. The monoisotopic (exact) mass is 285 g/mol. The summed E-state index contributed by atoms with van der Waals surface area (Å²) in [5.74, 6) is -0.0519. The van der Waals surface area contributed by atoms with E-state index in [4.69, 9.17) is 0 Å². The zero-order valence-corrected chi connectivity index (χ0v) is 11.9. The number of hydrogen-bond acceptors (Lipinski definition) is 2. The Balaban J connectivity index is 1.86. The second kappa shape index (κ2) is 5.99. The number of hydrogen-bond donors (Lipinski definition) is 1. The summed E-state index contributed by atoms with van der Waals surface area (Å²) in [4.78, 5) is 29.0. The summed E-state index contributed by atoms with van der Waals surface area (Å²) in [6.45, 7) is 1.98. The van der Waals surface area contributed by atoms with Gasteiger partial charge in [-0.05, 0) is 24.8 Å². The first-order chi connectivity index (χ1) is 10.3. The van der Waals surface area contributed by atoms with Crippen molar-refractivity contribution in [2.45, 2.75) is 25.8 Å². The molecule has 0 bridgehead atoms. The third kappa shape index (κ3) is 2.91. The number of nitrogens with one attached hydrogen (secondary N) is 1. The highest BCUT2D eigenvalue weighted by Crippen LogP contribution is 2.13. The minimum atomic E-state index is -0.237. The van der Waals surface area contributed by atoms with Crippen molar-refractivity contribution in [3.8, 4) is 0 Å². The predicted molar refractivity (Wildman–Crippen MR) is 80.4 cm³/mol. The molecule has 1 N–H and O–H groups in total. The van der Waals surface area contributed by atoms with Gasteiger partial charge in [-0.1, -0.05) is 30.3 Å². The van der Waals surface area contributed by atoms with Crippen LogP contribution in [0, 0.1) is 0 Å². The maximum absolute atomic E-state index is 12.6. The fourth-order valence-electron chi connectivity index (χ4n) is 2.75. The van der Waals surface area contributed by atoms with Gasteiger partial charge in [-0.15, -0.1) is 0 Å². The Bertz CT molecular complexity index is 666. The zero-order chi connectivity index (χ0) is 14.7. The lowest BCUT2D eigenvalue weighted by Crippen LogP contribution is -2.37. The zero-order valence-electron chi connectivity index (χ0n) is 11.9. The first kappa shape index (κ1) is 13.7. The van der Waals surface area contributed by atoms with Crippen molar-refractivity contribution in [3.63, 3.8) is 0 Å². The molecule has 1 saturated heterocycles. The number of piperidine rings is 1. The van der Waals surface area contributed by atoms with Gasteiger partial charge in [0.25, 0.3) is 5.91 Å². The van der Waals surface area contributed by atoms with Crippen molar-refractivity contribution in [3.05, 3.63) is 58.3 Å². The van der Waals surface area contributed by atoms with Crippen LogP contribution in [-0.2, 0) is 6.54 Å². The smallest absolute Gasteiger partial charge is 0.326 e. The molecule has 2 aromatic rings. The molecule has 1 aliphatic rings. The molecule has 2 heterocycles. The van der Waals surface area contributed by atoms with Crippen molar-refractivity contribution >= 4 is 5.91 Å². The summed E-state index contributed by atoms with van der Waals surface area (Å²) in [5, 5.41) is 0. The van der Waals surface area contributed by atoms with E-state index < -0.39 is 0 Å². The Morgan fingerprint density at radius 2 is 1.81 bits per heavy atom. The lowest BCUT2D eigenvalue weighted by atomic mass is 10.1. The molecule has 21 heavy (non-hydrogen) atoms. The summed E-state index contributed by atoms with van der Waals surface area (Å²) in [7, 11) is 0. The number of amides is 1. The number of H-pyrrole nitrogens is 1. The first-order valence-electron chi connectivity index (χ1n) is 7.37. The Morgan fingerprint density at radius 3 is 2.52 bits per heavy atom. The van der Waals surface area contributed by atoms with E-state index in [1.54, 1.807) is 0 Å². The van der Waals surface area contributed by atoms with Crippen LogP contribution in [0.25, 0.3) is 0 Å². The molecule has 1 amide bonds. The normalized spacial score (nSPS) is 15.1. The van der Waals surface area contributed by atoms with Gasteiger partial charge in [-0.3, -0.25) is 9.36 Å². The molecule has 0 unspecified atom stereocenters. The van der Waals surface area contributed by atoms with E-state index in [2.05, 4.69) is 4.98 Å². The van der Waals surface area contributed by atoms with Crippen LogP contribution in [-0.4, -0.2) is 33.4 Å². The third-order valence-electron chi connectivity index (χ3n) is 3.91. The second-order valence-corrected chi connectivity index (χ2v) is 5.40. The van der Waals surface area contributed by atoms with E-state index in [-0.39, 0.29) is 11.6 Å². The number of benzene rings is 1. The van der Waals surface area contributed by atoms with E-state index in [1.807, 2.05) is 35.2 Å². The maximum atomic E-state index is 12.6. The summed E-state index contributed by atoms with van der Waals surface area (Å²) >= 11 is 0. The van der Waals surface area contributed by atoms with Gasteiger partial charge < -0.3 is 9.88 Å². The van der Waals surface area contributed by atoms with Crippen molar-refractivity contribution < 1.29 is 4.79 Å². The number of carbonyl (C=O) groups is 1. The largest absolute Gasteiger partial charge is 0.337 e. The molecule has 1 aromatic carbocycles. The average molecular weight is 285 g/mol. The number of aromatic nitrogens is 2. The SMILES string of the molecule is O=C(c1c[nH]c(=O)n1Cc1ccccc1)N1CCCCC1. The fraction of sp³-hybridized carbons (Fsp3) is 0.375. The highest BCUT2D eigenvalue weighted by Gasteiger charge is 2.22. The highest BCUT2D eigenvalue weighted by atomic mass is 16.2. The third-order valence-corrected chi connectivity index (χ3v) is 3.91. The van der Waals surface area contributed by atoms with Gasteiger partial charge in [0, 0.05) is 19.3 Å². The molecule has 3 rings (SSSR count). The van der Waals surface area contributed by atoms with E-state index in [1.165, 1.54) is 17.2 Å². The molecule has 0 aliphatic carbocycles. The molecule has 1 fully saturated rings. The molecule has 0 atom stereocenters. The molecule has 5 heteroatoms. The number of imidazole rings is 1. The average Bonchev–Trinajstić information content (AvgIpc) is 2.90. The van der Waals surface area contributed by atoms with E-state index in [0.717, 1.165) is 31.5 Å². The Hall–Kier alpha value is -2.30. The van der Waals surface area contributed by atoms with Gasteiger partial charge in [-0.25, -0.2) is 4.79 Å². The molecule has 1 aliphatic heterocycles. The molecule has 0 radical (unpaired) electrons. The Kier molecular flexibility index (Phi) is 3.90. The Morgan fingerprint density at radius 1 is 1.10 bits per heavy atom. The van der Waals surface area contributed by atoms with Gasteiger partial charge in [0.05, 0.1) is 6.54 Å². The van der Waals surface area contributed by atoms with Crippen LogP contribution >= 0.6 is 0 Å². The Labute approximate surface area is 123 Å². The fourth-order valence-corrected chi connectivity index (χ4v) is 2.75. The van der Waals surface area contributed by atoms with E-state index in [9.17, 15) is 9.59 Å². The van der Waals surface area contributed by atoms with Crippen LogP contribution in [0.2, 0.25) is 0 Å². The van der Waals surface area contributed by atoms with Gasteiger partial charge in [0.1, 0.15) is 5.69 Å². The summed E-state index contributed by atoms with van der Waals surface area (Å²) in [5.41, 5.74) is 1.22. The minimum absolute atomic E-state index is 0.0519. The lowest BCUT2D eigenvalue weighted by Gasteiger charge is -2.26. The minimum Gasteiger partial charge on any atom is -0.337 e. The van der Waals surface area contributed by atoms with Gasteiger partial charge in [0.15, 0.2) is 0 Å². The molecule has 0 spiro atoms. The van der Waals surface area contributed by atoms with Crippen molar-refractivity contribution in [1.82, 2.24) is 14.5 Å². The molecular formula is C16H19N3O2. The van der Waals surface area contributed by atoms with Gasteiger partial charge in [-0.2, -0.15) is 0 Å². The van der Waals surface area contributed by atoms with Crippen LogP contribution in [0.4, 0.5) is 0 Å². The second-order valence-electron chi connectivity index (χ2n) is 5.40. The number of likely N-dealkylation sites (tertiary alicyclic amines) is 1. The summed E-state index contributed by atoms with van der Waals surface area (Å²) in [6, 6.07) is 9.70.